The molecule has 4 heteroatoms. The van der Waals surface area contributed by atoms with Crippen molar-refractivity contribution in [1.82, 2.24) is 4.90 Å². The van der Waals surface area contributed by atoms with Crippen molar-refractivity contribution < 1.29 is 9.84 Å². The fourth-order valence-electron chi connectivity index (χ4n) is 2.37. The molecule has 0 aromatic heterocycles. The molecule has 18 heavy (non-hydrogen) atoms. The molecule has 2 unspecified atom stereocenters. The van der Waals surface area contributed by atoms with Crippen LogP contribution in [0.2, 0.25) is 5.02 Å². The average molecular weight is 270 g/mol. The summed E-state index contributed by atoms with van der Waals surface area (Å²) >= 11 is 5.96. The Kier molecular flexibility index (Phi) is 5.01. The van der Waals surface area contributed by atoms with Gasteiger partial charge in [-0.2, -0.15) is 0 Å². The zero-order valence-corrected chi connectivity index (χ0v) is 11.4. The number of hydrogen-bond donors (Lipinski definition) is 1. The first-order valence-electron chi connectivity index (χ1n) is 6.34. The fraction of sp³-hybridized carbons (Fsp3) is 0.571. The molecule has 1 aromatic carbocycles. The minimum Gasteiger partial charge on any atom is -0.393 e. The monoisotopic (exact) mass is 269 g/mol. The number of aliphatic hydroxyl groups excluding tert-OH is 1. The van der Waals surface area contributed by atoms with Gasteiger partial charge in [-0.15, -0.1) is 0 Å². The van der Waals surface area contributed by atoms with Gasteiger partial charge in [0.25, 0.3) is 0 Å². The molecule has 0 bridgehead atoms. The minimum absolute atomic E-state index is 0.211. The van der Waals surface area contributed by atoms with Crippen molar-refractivity contribution in [2.75, 3.05) is 26.8 Å². The molecule has 100 valence electrons. The van der Waals surface area contributed by atoms with E-state index < -0.39 is 0 Å². The number of rotatable bonds is 4. The lowest BCUT2D eigenvalue weighted by atomic mass is 9.98. The molecule has 0 saturated carbocycles. The third-order valence-corrected chi connectivity index (χ3v) is 3.56. The van der Waals surface area contributed by atoms with Gasteiger partial charge in [-0.25, -0.2) is 0 Å². The maximum atomic E-state index is 9.90. The predicted octanol–water partition coefficient (Wildman–Crippen LogP) is 2.17. The third kappa shape index (κ3) is 3.95. The van der Waals surface area contributed by atoms with Crippen molar-refractivity contribution >= 4 is 11.6 Å². The van der Waals surface area contributed by atoms with E-state index in [9.17, 15) is 5.11 Å². The normalized spacial score (nSPS) is 24.4. The Balaban J connectivity index is 1.86. The van der Waals surface area contributed by atoms with Crippen LogP contribution in [0.15, 0.2) is 24.3 Å². The smallest absolute Gasteiger partial charge is 0.0624 e. The second kappa shape index (κ2) is 6.53. The van der Waals surface area contributed by atoms with Gasteiger partial charge in [0.15, 0.2) is 0 Å². The standard InChI is InChI=1S/C14H20ClNO2/c1-16(8-11-3-2-4-13(15)7-11)9-12-10-18-6-5-14(12)17/h2-4,7,12,14,17H,5-6,8-10H2,1H3. The van der Waals surface area contributed by atoms with Crippen molar-refractivity contribution in [3.63, 3.8) is 0 Å². The highest BCUT2D eigenvalue weighted by Gasteiger charge is 2.24. The molecular formula is C14H20ClNO2. The van der Waals surface area contributed by atoms with E-state index in [1.165, 1.54) is 5.56 Å². The van der Waals surface area contributed by atoms with Gasteiger partial charge in [-0.1, -0.05) is 23.7 Å². The number of hydrogen-bond acceptors (Lipinski definition) is 3. The van der Waals surface area contributed by atoms with E-state index in [-0.39, 0.29) is 12.0 Å². The molecule has 1 N–H and O–H groups in total. The van der Waals surface area contributed by atoms with Crippen LogP contribution in [0.25, 0.3) is 0 Å². The predicted molar refractivity (Wildman–Crippen MR) is 72.7 cm³/mol. The van der Waals surface area contributed by atoms with Crippen LogP contribution in [0, 0.1) is 5.92 Å². The van der Waals surface area contributed by atoms with E-state index >= 15 is 0 Å². The molecule has 0 amide bonds. The van der Waals surface area contributed by atoms with Gasteiger partial charge < -0.3 is 14.7 Å². The number of ether oxygens (including phenoxy) is 1. The molecule has 1 saturated heterocycles. The van der Waals surface area contributed by atoms with Crippen molar-refractivity contribution in [2.45, 2.75) is 19.1 Å². The van der Waals surface area contributed by atoms with Gasteiger partial charge in [0.05, 0.1) is 12.7 Å². The van der Waals surface area contributed by atoms with Crippen LogP contribution in [-0.2, 0) is 11.3 Å². The molecule has 2 rings (SSSR count). The number of benzene rings is 1. The molecule has 1 heterocycles. The van der Waals surface area contributed by atoms with E-state index in [1.54, 1.807) is 0 Å². The van der Waals surface area contributed by atoms with Crippen LogP contribution in [0.3, 0.4) is 0 Å². The topological polar surface area (TPSA) is 32.7 Å². The van der Waals surface area contributed by atoms with Crippen LogP contribution in [0.1, 0.15) is 12.0 Å². The van der Waals surface area contributed by atoms with Gasteiger partial charge in [-0.3, -0.25) is 0 Å². The van der Waals surface area contributed by atoms with Crippen LogP contribution in [0.4, 0.5) is 0 Å². The van der Waals surface area contributed by atoms with E-state index in [2.05, 4.69) is 18.0 Å². The highest BCUT2D eigenvalue weighted by Crippen LogP contribution is 2.17. The van der Waals surface area contributed by atoms with Crippen LogP contribution in [0.5, 0.6) is 0 Å². The maximum absolute atomic E-state index is 9.90. The summed E-state index contributed by atoms with van der Waals surface area (Å²) in [5.41, 5.74) is 1.19. The molecule has 0 radical (unpaired) electrons. The van der Waals surface area contributed by atoms with Crippen LogP contribution < -0.4 is 0 Å². The second-order valence-electron chi connectivity index (χ2n) is 5.02. The molecule has 3 nitrogen and oxygen atoms in total. The van der Waals surface area contributed by atoms with E-state index in [0.717, 1.165) is 24.5 Å². The second-order valence-corrected chi connectivity index (χ2v) is 5.45. The van der Waals surface area contributed by atoms with Gasteiger partial charge in [-0.05, 0) is 31.2 Å². The summed E-state index contributed by atoms with van der Waals surface area (Å²) in [6.07, 6.45) is 0.510. The van der Waals surface area contributed by atoms with E-state index in [0.29, 0.717) is 13.2 Å². The summed E-state index contributed by atoms with van der Waals surface area (Å²) < 4.78 is 5.41. The number of halogens is 1. The lowest BCUT2D eigenvalue weighted by molar-refractivity contribution is -0.0451. The molecule has 0 aliphatic carbocycles. The zero-order chi connectivity index (χ0) is 13.0. The first-order chi connectivity index (χ1) is 8.65. The van der Waals surface area contributed by atoms with Crippen LogP contribution >= 0.6 is 11.6 Å². The van der Waals surface area contributed by atoms with Gasteiger partial charge in [0.1, 0.15) is 0 Å². The van der Waals surface area contributed by atoms with Gasteiger partial charge >= 0.3 is 0 Å². The minimum atomic E-state index is -0.236. The zero-order valence-electron chi connectivity index (χ0n) is 10.7. The van der Waals surface area contributed by atoms with Crippen molar-refractivity contribution in [1.29, 1.82) is 0 Å². The highest BCUT2D eigenvalue weighted by atomic mass is 35.5. The SMILES string of the molecule is CN(Cc1cccc(Cl)c1)CC1COCCC1O. The molecule has 1 aromatic rings. The van der Waals surface area contributed by atoms with E-state index in [4.69, 9.17) is 16.3 Å². The summed E-state index contributed by atoms with van der Waals surface area (Å²) in [4.78, 5) is 2.20. The molecule has 0 spiro atoms. The first kappa shape index (κ1) is 13.8. The molecule has 1 aliphatic heterocycles. The van der Waals surface area contributed by atoms with E-state index in [1.807, 2.05) is 18.2 Å². The van der Waals surface area contributed by atoms with Crippen molar-refractivity contribution in [3.8, 4) is 0 Å². The Morgan fingerprint density at radius 3 is 3.06 bits per heavy atom. The quantitative estimate of drug-likeness (QED) is 0.909. The summed E-state index contributed by atoms with van der Waals surface area (Å²) in [6.45, 7) is 3.01. The largest absolute Gasteiger partial charge is 0.393 e. The Morgan fingerprint density at radius 1 is 1.50 bits per heavy atom. The summed E-state index contributed by atoms with van der Waals surface area (Å²) in [5, 5.41) is 10.7. The summed E-state index contributed by atoms with van der Waals surface area (Å²) in [5.74, 6) is 0.211. The molecular weight excluding hydrogens is 250 g/mol. The van der Waals surface area contributed by atoms with Crippen molar-refractivity contribution in [3.05, 3.63) is 34.9 Å². The third-order valence-electron chi connectivity index (χ3n) is 3.32. The summed E-state index contributed by atoms with van der Waals surface area (Å²) in [7, 11) is 2.06. The van der Waals surface area contributed by atoms with Crippen LogP contribution in [-0.4, -0.2) is 42.9 Å². The Labute approximate surface area is 113 Å². The number of nitrogens with zero attached hydrogens (tertiary/aromatic N) is 1. The number of aliphatic hydroxyl groups is 1. The fourth-order valence-corrected chi connectivity index (χ4v) is 2.58. The Bertz CT molecular complexity index is 386. The first-order valence-corrected chi connectivity index (χ1v) is 6.72. The Morgan fingerprint density at radius 2 is 2.33 bits per heavy atom. The van der Waals surface area contributed by atoms with Crippen molar-refractivity contribution in [2.24, 2.45) is 5.92 Å². The lowest BCUT2D eigenvalue weighted by Crippen LogP contribution is -2.39. The molecule has 2 atom stereocenters. The molecule has 1 fully saturated rings. The summed E-state index contributed by atoms with van der Waals surface area (Å²) in [6, 6.07) is 7.88. The van der Waals surface area contributed by atoms with Gasteiger partial charge in [0.2, 0.25) is 0 Å². The molecule has 1 aliphatic rings. The maximum Gasteiger partial charge on any atom is 0.0624 e. The average Bonchev–Trinajstić information content (AvgIpc) is 2.32. The lowest BCUT2D eigenvalue weighted by Gasteiger charge is -2.31. The van der Waals surface area contributed by atoms with Gasteiger partial charge in [0, 0.05) is 30.6 Å². The Hall–Kier alpha value is -0.610. The highest BCUT2D eigenvalue weighted by molar-refractivity contribution is 6.30.